The summed E-state index contributed by atoms with van der Waals surface area (Å²) in [6.45, 7) is 4.64. The Hall–Kier alpha value is -1.39. The Morgan fingerprint density at radius 2 is 2.05 bits per heavy atom. The number of amides is 1. The molecule has 1 fully saturated rings. The quantitative estimate of drug-likeness (QED) is 0.867. The van der Waals surface area contributed by atoms with Crippen LogP contribution in [0.25, 0.3) is 0 Å². The van der Waals surface area contributed by atoms with Crippen molar-refractivity contribution in [2.75, 3.05) is 13.7 Å². The Labute approximate surface area is 121 Å². The summed E-state index contributed by atoms with van der Waals surface area (Å²) in [4.78, 5) is 14.5. The summed E-state index contributed by atoms with van der Waals surface area (Å²) in [6, 6.07) is 10.1. The molecule has 1 heterocycles. The number of nitrogens with one attached hydrogen (secondary N) is 1. The highest BCUT2D eigenvalue weighted by molar-refractivity contribution is 5.84. The third-order valence-corrected chi connectivity index (χ3v) is 3.80. The third kappa shape index (κ3) is 3.02. The van der Waals surface area contributed by atoms with Crippen LogP contribution in [0.1, 0.15) is 38.4 Å². The van der Waals surface area contributed by atoms with E-state index >= 15 is 0 Å². The second kappa shape index (κ2) is 6.86. The monoisotopic (exact) mass is 276 g/mol. The first-order chi connectivity index (χ1) is 9.69. The van der Waals surface area contributed by atoms with E-state index in [2.05, 4.69) is 24.4 Å². The van der Waals surface area contributed by atoms with Crippen LogP contribution in [0, 0.1) is 0 Å². The zero-order chi connectivity index (χ0) is 14.5. The number of benzene rings is 1. The van der Waals surface area contributed by atoms with Crippen LogP contribution in [0.2, 0.25) is 0 Å². The highest BCUT2D eigenvalue weighted by atomic mass is 16.5. The van der Waals surface area contributed by atoms with E-state index in [0.717, 1.165) is 18.4 Å². The van der Waals surface area contributed by atoms with Gasteiger partial charge in [0.05, 0.1) is 18.7 Å². The summed E-state index contributed by atoms with van der Waals surface area (Å²) in [5, 5.41) is 3.39. The maximum atomic E-state index is 12.5. The van der Waals surface area contributed by atoms with Crippen molar-refractivity contribution in [3.05, 3.63) is 35.9 Å². The fourth-order valence-corrected chi connectivity index (χ4v) is 2.85. The number of ether oxygens (including phenoxy) is 1. The van der Waals surface area contributed by atoms with E-state index < -0.39 is 0 Å². The van der Waals surface area contributed by atoms with Gasteiger partial charge < -0.3 is 9.64 Å². The second-order valence-corrected chi connectivity index (χ2v) is 5.34. The molecule has 1 aliphatic heterocycles. The molecular formula is C16H24N2O2. The lowest BCUT2D eigenvalue weighted by Crippen LogP contribution is -2.42. The zero-order valence-corrected chi connectivity index (χ0v) is 12.5. The highest BCUT2D eigenvalue weighted by Crippen LogP contribution is 2.29. The van der Waals surface area contributed by atoms with Gasteiger partial charge in [0.15, 0.2) is 0 Å². The molecule has 0 spiro atoms. The SMILES string of the molecule is CCCC(COC)N1C(=O)C(C)NC1c1ccccc1. The Balaban J connectivity index is 2.27. The van der Waals surface area contributed by atoms with E-state index in [0.29, 0.717) is 6.61 Å². The molecule has 3 atom stereocenters. The van der Waals surface area contributed by atoms with Gasteiger partial charge >= 0.3 is 0 Å². The number of rotatable bonds is 6. The third-order valence-electron chi connectivity index (χ3n) is 3.80. The van der Waals surface area contributed by atoms with E-state index in [4.69, 9.17) is 4.74 Å². The van der Waals surface area contributed by atoms with E-state index in [1.807, 2.05) is 30.0 Å². The van der Waals surface area contributed by atoms with Crippen LogP contribution < -0.4 is 5.32 Å². The predicted molar refractivity (Wildman–Crippen MR) is 79.2 cm³/mol. The Morgan fingerprint density at radius 1 is 1.35 bits per heavy atom. The molecule has 4 nitrogen and oxygen atoms in total. The molecule has 1 amide bonds. The van der Waals surface area contributed by atoms with Gasteiger partial charge in [0, 0.05) is 7.11 Å². The van der Waals surface area contributed by atoms with Gasteiger partial charge in [-0.2, -0.15) is 0 Å². The largest absolute Gasteiger partial charge is 0.383 e. The van der Waals surface area contributed by atoms with Crippen molar-refractivity contribution in [1.82, 2.24) is 10.2 Å². The molecule has 20 heavy (non-hydrogen) atoms. The molecule has 1 N–H and O–H groups in total. The molecule has 0 bridgehead atoms. The molecule has 0 aliphatic carbocycles. The molecular weight excluding hydrogens is 252 g/mol. The van der Waals surface area contributed by atoms with E-state index in [1.165, 1.54) is 0 Å². The molecule has 110 valence electrons. The second-order valence-electron chi connectivity index (χ2n) is 5.34. The van der Waals surface area contributed by atoms with Crippen LogP contribution in [0.3, 0.4) is 0 Å². The lowest BCUT2D eigenvalue weighted by Gasteiger charge is -2.32. The van der Waals surface area contributed by atoms with E-state index in [-0.39, 0.29) is 24.2 Å². The number of nitrogens with zero attached hydrogens (tertiary/aromatic N) is 1. The molecule has 1 aliphatic rings. The van der Waals surface area contributed by atoms with Crippen LogP contribution in [-0.2, 0) is 9.53 Å². The van der Waals surface area contributed by atoms with Crippen LogP contribution in [0.4, 0.5) is 0 Å². The zero-order valence-electron chi connectivity index (χ0n) is 12.5. The summed E-state index contributed by atoms with van der Waals surface area (Å²) in [6.07, 6.45) is 1.94. The summed E-state index contributed by atoms with van der Waals surface area (Å²) >= 11 is 0. The van der Waals surface area contributed by atoms with Crippen molar-refractivity contribution in [3.63, 3.8) is 0 Å². The standard InChI is InChI=1S/C16H24N2O2/c1-4-8-14(11-20-3)18-15(17-12(2)16(18)19)13-9-6-5-7-10-13/h5-7,9-10,12,14-15,17H,4,8,11H2,1-3H3. The minimum Gasteiger partial charge on any atom is -0.383 e. The van der Waals surface area contributed by atoms with Gasteiger partial charge in [-0.3, -0.25) is 10.1 Å². The molecule has 1 saturated heterocycles. The number of carbonyl (C=O) groups is 1. The smallest absolute Gasteiger partial charge is 0.241 e. The van der Waals surface area contributed by atoms with Gasteiger partial charge in [0.1, 0.15) is 6.17 Å². The minimum absolute atomic E-state index is 0.0506. The van der Waals surface area contributed by atoms with Crippen LogP contribution in [0.15, 0.2) is 30.3 Å². The van der Waals surface area contributed by atoms with Crippen LogP contribution >= 0.6 is 0 Å². The summed E-state index contributed by atoms with van der Waals surface area (Å²) < 4.78 is 5.32. The van der Waals surface area contributed by atoms with Gasteiger partial charge in [-0.15, -0.1) is 0 Å². The first kappa shape index (κ1) is 15.0. The fourth-order valence-electron chi connectivity index (χ4n) is 2.85. The van der Waals surface area contributed by atoms with Gasteiger partial charge in [0.2, 0.25) is 5.91 Å². The first-order valence-electron chi connectivity index (χ1n) is 7.31. The highest BCUT2D eigenvalue weighted by Gasteiger charge is 2.40. The normalized spacial score (nSPS) is 24.1. The maximum absolute atomic E-state index is 12.5. The molecule has 0 saturated carbocycles. The van der Waals surface area contributed by atoms with Gasteiger partial charge in [-0.1, -0.05) is 43.7 Å². The summed E-state index contributed by atoms with van der Waals surface area (Å²) in [7, 11) is 1.69. The Kier molecular flexibility index (Phi) is 5.15. The van der Waals surface area contributed by atoms with E-state index in [9.17, 15) is 4.79 Å². The number of carbonyl (C=O) groups excluding carboxylic acids is 1. The van der Waals surface area contributed by atoms with Crippen molar-refractivity contribution in [2.45, 2.75) is 44.9 Å². The van der Waals surface area contributed by atoms with Crippen molar-refractivity contribution in [3.8, 4) is 0 Å². The number of hydrogen-bond acceptors (Lipinski definition) is 3. The van der Waals surface area contributed by atoms with Crippen LogP contribution in [0.5, 0.6) is 0 Å². The van der Waals surface area contributed by atoms with Crippen molar-refractivity contribution < 1.29 is 9.53 Å². The Morgan fingerprint density at radius 3 is 2.65 bits per heavy atom. The molecule has 2 rings (SSSR count). The first-order valence-corrected chi connectivity index (χ1v) is 7.31. The molecule has 1 aromatic carbocycles. The molecule has 3 unspecified atom stereocenters. The van der Waals surface area contributed by atoms with Crippen molar-refractivity contribution in [2.24, 2.45) is 0 Å². The molecule has 0 radical (unpaired) electrons. The molecule has 0 aromatic heterocycles. The topological polar surface area (TPSA) is 41.6 Å². The van der Waals surface area contributed by atoms with Gasteiger partial charge in [-0.05, 0) is 18.9 Å². The summed E-state index contributed by atoms with van der Waals surface area (Å²) in [5.41, 5.74) is 1.13. The lowest BCUT2D eigenvalue weighted by atomic mass is 10.1. The van der Waals surface area contributed by atoms with Crippen LogP contribution in [-0.4, -0.2) is 36.6 Å². The lowest BCUT2D eigenvalue weighted by molar-refractivity contribution is -0.133. The maximum Gasteiger partial charge on any atom is 0.241 e. The molecule has 1 aromatic rings. The van der Waals surface area contributed by atoms with Crippen molar-refractivity contribution in [1.29, 1.82) is 0 Å². The van der Waals surface area contributed by atoms with Gasteiger partial charge in [-0.25, -0.2) is 0 Å². The van der Waals surface area contributed by atoms with Crippen molar-refractivity contribution >= 4 is 5.91 Å². The Bertz CT molecular complexity index is 429. The molecule has 4 heteroatoms. The number of methoxy groups -OCH3 is 1. The van der Waals surface area contributed by atoms with Gasteiger partial charge in [0.25, 0.3) is 0 Å². The minimum atomic E-state index is -0.142. The predicted octanol–water partition coefficient (Wildman–Crippen LogP) is 2.32. The summed E-state index contributed by atoms with van der Waals surface area (Å²) in [5.74, 6) is 0.161. The average molecular weight is 276 g/mol. The fraction of sp³-hybridized carbons (Fsp3) is 0.562. The van der Waals surface area contributed by atoms with E-state index in [1.54, 1.807) is 7.11 Å². The average Bonchev–Trinajstić information content (AvgIpc) is 2.76. The number of hydrogen-bond donors (Lipinski definition) is 1.